The Bertz CT molecular complexity index is 574. The molecule has 0 atom stereocenters. The molecule has 0 saturated carbocycles. The number of aromatic nitrogens is 1. The van der Waals surface area contributed by atoms with E-state index < -0.39 is 0 Å². The molecule has 2 rings (SSSR count). The lowest BCUT2D eigenvalue weighted by molar-refractivity contribution is 0.380. The van der Waals surface area contributed by atoms with Gasteiger partial charge in [0.2, 0.25) is 0 Å². The average molecular weight is 334 g/mol. The average Bonchev–Trinajstić information content (AvgIpc) is 2.92. The monoisotopic (exact) mass is 333 g/mol. The van der Waals surface area contributed by atoms with Gasteiger partial charge in [0, 0.05) is 12.0 Å². The fourth-order valence-corrected chi connectivity index (χ4v) is 3.05. The van der Waals surface area contributed by atoms with Gasteiger partial charge in [0.05, 0.1) is 0 Å². The lowest BCUT2D eigenvalue weighted by atomic mass is 10.1. The highest BCUT2D eigenvalue weighted by atomic mass is 35.5. The molecule has 0 saturated heterocycles. The SMILES string of the molecule is CCCCCCCCCCc1onc(-c2ccc(C)cc2)c1Cl. The Balaban J connectivity index is 1.75. The Hall–Kier alpha value is -1.28. The maximum Gasteiger partial charge on any atom is 0.155 e. The van der Waals surface area contributed by atoms with Crippen molar-refractivity contribution in [3.63, 3.8) is 0 Å². The summed E-state index contributed by atoms with van der Waals surface area (Å²) >= 11 is 6.44. The summed E-state index contributed by atoms with van der Waals surface area (Å²) in [7, 11) is 0. The van der Waals surface area contributed by atoms with Crippen molar-refractivity contribution in [3.05, 3.63) is 40.6 Å². The topological polar surface area (TPSA) is 26.0 Å². The first kappa shape index (κ1) is 18.1. The number of unbranched alkanes of at least 4 members (excludes halogenated alkanes) is 7. The van der Waals surface area contributed by atoms with Gasteiger partial charge in [-0.15, -0.1) is 0 Å². The number of rotatable bonds is 10. The molecule has 0 aliphatic rings. The number of halogens is 1. The minimum absolute atomic E-state index is 0.678. The molecule has 1 aromatic carbocycles. The minimum atomic E-state index is 0.678. The fraction of sp³-hybridized carbons (Fsp3) is 0.550. The lowest BCUT2D eigenvalue weighted by Crippen LogP contribution is -1.86. The van der Waals surface area contributed by atoms with Gasteiger partial charge in [-0.1, -0.05) is 98.5 Å². The predicted octanol–water partition coefficient (Wildman–Crippen LogP) is 6.99. The van der Waals surface area contributed by atoms with E-state index >= 15 is 0 Å². The van der Waals surface area contributed by atoms with Crippen LogP contribution >= 0.6 is 11.6 Å². The zero-order valence-electron chi connectivity index (χ0n) is 14.4. The molecule has 0 bridgehead atoms. The van der Waals surface area contributed by atoms with Gasteiger partial charge in [-0.25, -0.2) is 0 Å². The zero-order valence-corrected chi connectivity index (χ0v) is 15.2. The van der Waals surface area contributed by atoms with Crippen LogP contribution in [0.5, 0.6) is 0 Å². The molecule has 2 aromatic rings. The molecule has 0 N–H and O–H groups in total. The van der Waals surface area contributed by atoms with Crippen molar-refractivity contribution in [1.29, 1.82) is 0 Å². The van der Waals surface area contributed by atoms with E-state index in [0.717, 1.165) is 29.9 Å². The molecular weight excluding hydrogens is 306 g/mol. The van der Waals surface area contributed by atoms with Crippen molar-refractivity contribution in [2.24, 2.45) is 0 Å². The summed E-state index contributed by atoms with van der Waals surface area (Å²) in [5.41, 5.74) is 3.01. The molecule has 1 aromatic heterocycles. The third kappa shape index (κ3) is 5.69. The van der Waals surface area contributed by atoms with Crippen molar-refractivity contribution in [3.8, 4) is 11.3 Å². The van der Waals surface area contributed by atoms with Crippen molar-refractivity contribution in [1.82, 2.24) is 5.16 Å². The molecule has 0 spiro atoms. The molecule has 0 radical (unpaired) electrons. The minimum Gasteiger partial charge on any atom is -0.359 e. The van der Waals surface area contributed by atoms with E-state index in [1.54, 1.807) is 0 Å². The highest BCUT2D eigenvalue weighted by Crippen LogP contribution is 2.31. The molecule has 2 nitrogen and oxygen atoms in total. The fourth-order valence-electron chi connectivity index (χ4n) is 2.78. The number of nitrogens with zero attached hydrogens (tertiary/aromatic N) is 1. The summed E-state index contributed by atoms with van der Waals surface area (Å²) < 4.78 is 5.46. The first-order chi connectivity index (χ1) is 11.2. The highest BCUT2D eigenvalue weighted by molar-refractivity contribution is 6.33. The molecule has 0 fully saturated rings. The normalized spacial score (nSPS) is 11.1. The van der Waals surface area contributed by atoms with E-state index in [1.807, 2.05) is 12.1 Å². The maximum absolute atomic E-state index is 6.44. The Morgan fingerprint density at radius 1 is 0.913 bits per heavy atom. The van der Waals surface area contributed by atoms with Crippen LogP contribution in [0.4, 0.5) is 0 Å². The number of hydrogen-bond acceptors (Lipinski definition) is 2. The third-order valence-electron chi connectivity index (χ3n) is 4.28. The maximum atomic E-state index is 6.44. The Labute approximate surface area is 145 Å². The summed E-state index contributed by atoms with van der Waals surface area (Å²) in [5, 5.41) is 4.84. The molecule has 0 amide bonds. The summed E-state index contributed by atoms with van der Waals surface area (Å²) in [6.07, 6.45) is 11.3. The van der Waals surface area contributed by atoms with E-state index in [0.29, 0.717) is 5.02 Å². The van der Waals surface area contributed by atoms with Gasteiger partial charge in [-0.2, -0.15) is 0 Å². The van der Waals surface area contributed by atoms with Crippen molar-refractivity contribution in [2.45, 2.75) is 71.6 Å². The van der Waals surface area contributed by atoms with Gasteiger partial charge in [0.25, 0.3) is 0 Å². The quantitative estimate of drug-likeness (QED) is 0.438. The highest BCUT2D eigenvalue weighted by Gasteiger charge is 2.15. The smallest absolute Gasteiger partial charge is 0.155 e. The summed E-state index contributed by atoms with van der Waals surface area (Å²) in [4.78, 5) is 0. The molecule has 126 valence electrons. The van der Waals surface area contributed by atoms with Crippen molar-refractivity contribution >= 4 is 11.6 Å². The molecule has 3 heteroatoms. The second-order valence-corrected chi connectivity index (χ2v) is 6.74. The number of hydrogen-bond donors (Lipinski definition) is 0. The van der Waals surface area contributed by atoms with Crippen LogP contribution in [0.2, 0.25) is 5.02 Å². The van der Waals surface area contributed by atoms with E-state index in [9.17, 15) is 0 Å². The van der Waals surface area contributed by atoms with Gasteiger partial charge in [0.1, 0.15) is 10.7 Å². The van der Waals surface area contributed by atoms with Gasteiger partial charge in [-0.05, 0) is 13.3 Å². The van der Waals surface area contributed by atoms with Crippen LogP contribution in [0, 0.1) is 6.92 Å². The molecule has 0 aliphatic carbocycles. The van der Waals surface area contributed by atoms with Gasteiger partial charge in [-0.3, -0.25) is 0 Å². The lowest BCUT2D eigenvalue weighted by Gasteiger charge is -2.01. The number of aryl methyl sites for hydroxylation is 2. The third-order valence-corrected chi connectivity index (χ3v) is 4.67. The second kappa shape index (κ2) is 9.77. The van der Waals surface area contributed by atoms with Crippen LogP contribution in [0.3, 0.4) is 0 Å². The molecule has 0 unspecified atom stereocenters. The van der Waals surface area contributed by atoms with E-state index in [-0.39, 0.29) is 0 Å². The van der Waals surface area contributed by atoms with Gasteiger partial charge >= 0.3 is 0 Å². The Morgan fingerprint density at radius 2 is 1.52 bits per heavy atom. The molecule has 23 heavy (non-hydrogen) atoms. The summed E-state index contributed by atoms with van der Waals surface area (Å²) in [6, 6.07) is 8.22. The summed E-state index contributed by atoms with van der Waals surface area (Å²) in [5.74, 6) is 0.827. The van der Waals surface area contributed by atoms with E-state index in [4.69, 9.17) is 16.1 Å². The van der Waals surface area contributed by atoms with Crippen LogP contribution in [0.1, 0.15) is 69.6 Å². The van der Waals surface area contributed by atoms with Crippen LogP contribution in [-0.4, -0.2) is 5.16 Å². The molecular formula is C20H28ClNO. The van der Waals surface area contributed by atoms with E-state index in [2.05, 4.69) is 31.1 Å². The van der Waals surface area contributed by atoms with Gasteiger partial charge < -0.3 is 4.52 Å². The summed E-state index contributed by atoms with van der Waals surface area (Å²) in [6.45, 7) is 4.33. The molecule has 1 heterocycles. The Kier molecular flexibility index (Phi) is 7.67. The van der Waals surface area contributed by atoms with Crippen LogP contribution in [-0.2, 0) is 6.42 Å². The van der Waals surface area contributed by atoms with Crippen molar-refractivity contribution < 1.29 is 4.52 Å². The standard InChI is InChI=1S/C20H28ClNO/c1-3-4-5-6-7-8-9-10-11-18-19(21)20(22-23-18)17-14-12-16(2)13-15-17/h12-15H,3-11H2,1-2H3. The van der Waals surface area contributed by atoms with Gasteiger partial charge in [0.15, 0.2) is 5.76 Å². The van der Waals surface area contributed by atoms with Crippen molar-refractivity contribution in [2.75, 3.05) is 0 Å². The largest absolute Gasteiger partial charge is 0.359 e. The first-order valence-electron chi connectivity index (χ1n) is 8.93. The zero-order chi connectivity index (χ0) is 16.5. The molecule has 0 aliphatic heterocycles. The second-order valence-electron chi connectivity index (χ2n) is 6.36. The first-order valence-corrected chi connectivity index (χ1v) is 9.31. The van der Waals surface area contributed by atoms with Crippen LogP contribution in [0.15, 0.2) is 28.8 Å². The van der Waals surface area contributed by atoms with Crippen LogP contribution < -0.4 is 0 Å². The van der Waals surface area contributed by atoms with E-state index in [1.165, 1.54) is 50.5 Å². The predicted molar refractivity (Wildman–Crippen MR) is 98.0 cm³/mol. The van der Waals surface area contributed by atoms with Crippen LogP contribution in [0.25, 0.3) is 11.3 Å². The Morgan fingerprint density at radius 3 is 2.17 bits per heavy atom. The number of benzene rings is 1.